The molecular formula is C25H15NSe2. The SMILES string of the molecule is c1ccc(-c2cccc(-c3ccc4[se]c5[se]c6ccccc6c5c4c3)n2)cc1. The third-order valence-electron chi connectivity index (χ3n) is 5.13. The van der Waals surface area contributed by atoms with E-state index >= 15 is 0 Å². The minimum absolute atomic E-state index is 0.474. The number of hydrogen-bond acceptors (Lipinski definition) is 1. The van der Waals surface area contributed by atoms with E-state index in [1.165, 1.54) is 26.0 Å². The normalized spacial score (nSPS) is 11.6. The molecule has 0 bridgehead atoms. The minimum atomic E-state index is 0.474. The van der Waals surface area contributed by atoms with Crippen molar-refractivity contribution in [1.29, 1.82) is 0 Å². The number of fused-ring (bicyclic) bond motifs is 5. The second kappa shape index (κ2) is 6.58. The van der Waals surface area contributed by atoms with Crippen molar-refractivity contribution in [2.45, 2.75) is 0 Å². The Hall–Kier alpha value is -2.41. The average Bonchev–Trinajstić information content (AvgIpc) is 3.30. The summed E-state index contributed by atoms with van der Waals surface area (Å²) in [5.41, 5.74) is 4.43. The Kier molecular flexibility index (Phi) is 3.89. The van der Waals surface area contributed by atoms with E-state index < -0.39 is 0 Å². The third kappa shape index (κ3) is 2.63. The molecule has 0 amide bonds. The molecule has 0 aliphatic heterocycles. The Morgan fingerprint density at radius 2 is 1.25 bits per heavy atom. The number of nitrogens with zero attached hydrogens (tertiary/aromatic N) is 1. The molecule has 1 nitrogen and oxygen atoms in total. The van der Waals surface area contributed by atoms with Crippen molar-refractivity contribution in [3.05, 3.63) is 91.0 Å². The molecule has 0 N–H and O–H groups in total. The summed E-state index contributed by atoms with van der Waals surface area (Å²) in [5.74, 6) is 0. The molecule has 6 rings (SSSR count). The molecule has 0 aliphatic carbocycles. The zero-order valence-corrected chi connectivity index (χ0v) is 18.4. The zero-order chi connectivity index (χ0) is 18.5. The molecule has 0 fully saturated rings. The van der Waals surface area contributed by atoms with Gasteiger partial charge in [-0.2, -0.15) is 0 Å². The molecule has 0 saturated heterocycles. The van der Waals surface area contributed by atoms with Crippen LogP contribution in [-0.2, 0) is 0 Å². The van der Waals surface area contributed by atoms with Crippen molar-refractivity contribution in [2.75, 3.05) is 0 Å². The topological polar surface area (TPSA) is 12.9 Å². The van der Waals surface area contributed by atoms with Gasteiger partial charge in [0.25, 0.3) is 0 Å². The number of hydrogen-bond donors (Lipinski definition) is 0. The first kappa shape index (κ1) is 16.5. The molecule has 3 aromatic heterocycles. The third-order valence-corrected chi connectivity index (χ3v) is 11.0. The molecule has 3 aromatic carbocycles. The van der Waals surface area contributed by atoms with Gasteiger partial charge in [0, 0.05) is 0 Å². The molecule has 0 radical (unpaired) electrons. The second-order valence-electron chi connectivity index (χ2n) is 6.85. The van der Waals surface area contributed by atoms with Gasteiger partial charge in [0.1, 0.15) is 0 Å². The summed E-state index contributed by atoms with van der Waals surface area (Å²) in [6.45, 7) is 0. The van der Waals surface area contributed by atoms with Gasteiger partial charge in [0.05, 0.1) is 0 Å². The Labute approximate surface area is 174 Å². The molecule has 0 spiro atoms. The van der Waals surface area contributed by atoms with Gasteiger partial charge in [0.2, 0.25) is 0 Å². The van der Waals surface area contributed by atoms with Crippen molar-refractivity contribution in [3.63, 3.8) is 0 Å². The van der Waals surface area contributed by atoms with Gasteiger partial charge >= 0.3 is 175 Å². The number of pyridine rings is 1. The van der Waals surface area contributed by atoms with Crippen molar-refractivity contribution in [1.82, 2.24) is 4.98 Å². The van der Waals surface area contributed by atoms with E-state index in [2.05, 4.69) is 84.9 Å². The van der Waals surface area contributed by atoms with E-state index in [1.54, 1.807) is 7.39 Å². The van der Waals surface area contributed by atoms with Crippen LogP contribution in [0.4, 0.5) is 0 Å². The zero-order valence-electron chi connectivity index (χ0n) is 14.9. The average molecular weight is 487 g/mol. The number of benzene rings is 3. The van der Waals surface area contributed by atoms with Crippen LogP contribution in [0.25, 0.3) is 50.3 Å². The predicted octanol–water partition coefficient (Wildman–Crippen LogP) is 5.99. The summed E-state index contributed by atoms with van der Waals surface area (Å²) >= 11 is 0.970. The van der Waals surface area contributed by atoms with Gasteiger partial charge in [-0.25, -0.2) is 0 Å². The summed E-state index contributed by atoms with van der Waals surface area (Å²) in [7, 11) is 0. The first-order valence-electron chi connectivity index (χ1n) is 9.23. The van der Waals surface area contributed by atoms with Crippen molar-refractivity contribution in [2.24, 2.45) is 0 Å². The van der Waals surface area contributed by atoms with Crippen LogP contribution in [0.5, 0.6) is 0 Å². The van der Waals surface area contributed by atoms with Crippen molar-refractivity contribution >= 4 is 56.8 Å². The first-order valence-corrected chi connectivity index (χ1v) is 12.7. The molecule has 3 heterocycles. The van der Waals surface area contributed by atoms with Gasteiger partial charge in [-0.1, -0.05) is 0 Å². The van der Waals surface area contributed by atoms with Crippen molar-refractivity contribution in [3.8, 4) is 22.5 Å². The van der Waals surface area contributed by atoms with Gasteiger partial charge < -0.3 is 0 Å². The van der Waals surface area contributed by atoms with E-state index in [-0.39, 0.29) is 0 Å². The second-order valence-corrected chi connectivity index (χ2v) is 12.6. The quantitative estimate of drug-likeness (QED) is 0.274. The Morgan fingerprint density at radius 3 is 2.11 bits per heavy atom. The molecule has 0 unspecified atom stereocenters. The van der Waals surface area contributed by atoms with Gasteiger partial charge in [0.15, 0.2) is 0 Å². The summed E-state index contributed by atoms with van der Waals surface area (Å²) in [6.07, 6.45) is 0. The fraction of sp³-hybridized carbons (Fsp3) is 0. The Bertz CT molecular complexity index is 1460. The number of rotatable bonds is 2. The summed E-state index contributed by atoms with van der Waals surface area (Å²) < 4.78 is 4.76. The van der Waals surface area contributed by atoms with E-state index in [0.717, 1.165) is 17.0 Å². The van der Waals surface area contributed by atoms with Crippen LogP contribution in [0.2, 0.25) is 0 Å². The molecule has 28 heavy (non-hydrogen) atoms. The molecule has 0 saturated carbocycles. The summed E-state index contributed by atoms with van der Waals surface area (Å²) in [6, 6.07) is 32.6. The Morgan fingerprint density at radius 1 is 0.536 bits per heavy atom. The van der Waals surface area contributed by atoms with Crippen LogP contribution in [-0.4, -0.2) is 34.0 Å². The van der Waals surface area contributed by atoms with E-state index in [0.29, 0.717) is 29.0 Å². The number of aromatic nitrogens is 1. The Balaban J connectivity index is 1.56. The molecule has 3 heteroatoms. The van der Waals surface area contributed by atoms with Crippen molar-refractivity contribution < 1.29 is 0 Å². The van der Waals surface area contributed by atoms with Crippen LogP contribution in [0.3, 0.4) is 0 Å². The maximum absolute atomic E-state index is 4.96. The molecule has 0 aliphatic rings. The van der Waals surface area contributed by atoms with Crippen LogP contribution in [0.15, 0.2) is 91.0 Å². The first-order chi connectivity index (χ1) is 13.9. The molecular weight excluding hydrogens is 472 g/mol. The van der Waals surface area contributed by atoms with Gasteiger partial charge in [-0.05, 0) is 0 Å². The van der Waals surface area contributed by atoms with Crippen LogP contribution >= 0.6 is 0 Å². The maximum atomic E-state index is 4.96. The fourth-order valence-corrected chi connectivity index (χ4v) is 10.2. The van der Waals surface area contributed by atoms with E-state index in [1.807, 2.05) is 6.07 Å². The van der Waals surface area contributed by atoms with E-state index in [9.17, 15) is 0 Å². The molecule has 0 atom stereocenters. The summed E-state index contributed by atoms with van der Waals surface area (Å²) in [4.78, 5) is 4.96. The van der Waals surface area contributed by atoms with Crippen LogP contribution < -0.4 is 0 Å². The van der Waals surface area contributed by atoms with Crippen LogP contribution in [0.1, 0.15) is 0 Å². The fourth-order valence-electron chi connectivity index (χ4n) is 3.79. The van der Waals surface area contributed by atoms with Crippen LogP contribution in [0, 0.1) is 0 Å². The van der Waals surface area contributed by atoms with E-state index in [4.69, 9.17) is 4.98 Å². The summed E-state index contributed by atoms with van der Waals surface area (Å²) in [5, 5.41) is 4.42. The van der Waals surface area contributed by atoms with Gasteiger partial charge in [-0.3, -0.25) is 0 Å². The molecule has 132 valence electrons. The van der Waals surface area contributed by atoms with Gasteiger partial charge in [-0.15, -0.1) is 0 Å². The molecule has 6 aromatic rings. The monoisotopic (exact) mass is 489 g/mol. The standard InChI is InChI=1S/C25H15NSe2/c1-2-7-16(8-3-1)20-10-6-11-21(26-20)17-13-14-23-19(15-17)24-18-9-4-5-12-22(18)27-25(24)28-23/h1-15H. The predicted molar refractivity (Wildman–Crippen MR) is 122 cm³/mol.